The molecule has 4 fully saturated rings. The van der Waals surface area contributed by atoms with Crippen LogP contribution >= 0.6 is 0 Å². The highest BCUT2D eigenvalue weighted by Gasteiger charge is 2.51. The van der Waals surface area contributed by atoms with Crippen molar-refractivity contribution in [2.24, 2.45) is 17.8 Å². The fourth-order valence-corrected chi connectivity index (χ4v) is 4.94. The van der Waals surface area contributed by atoms with Gasteiger partial charge in [0.05, 0.1) is 6.10 Å². The highest BCUT2D eigenvalue weighted by molar-refractivity contribution is 5.74. The zero-order valence-electron chi connectivity index (χ0n) is 11.8. The summed E-state index contributed by atoms with van der Waals surface area (Å²) in [7, 11) is 0. The van der Waals surface area contributed by atoms with Gasteiger partial charge in [0, 0.05) is 12.1 Å². The van der Waals surface area contributed by atoms with Crippen molar-refractivity contribution in [3.05, 3.63) is 0 Å². The van der Waals surface area contributed by atoms with Crippen LogP contribution in [0.3, 0.4) is 0 Å². The molecule has 0 aromatic carbocycles. The minimum atomic E-state index is -0.347. The van der Waals surface area contributed by atoms with Crippen molar-refractivity contribution >= 4 is 6.03 Å². The summed E-state index contributed by atoms with van der Waals surface area (Å²) in [5.74, 6) is 2.55. The lowest BCUT2D eigenvalue weighted by molar-refractivity contribution is -0.0135. The smallest absolute Gasteiger partial charge is 0.315 e. The van der Waals surface area contributed by atoms with E-state index in [9.17, 15) is 9.90 Å². The predicted octanol–water partition coefficient (Wildman–Crippen LogP) is 2.03. The lowest BCUT2D eigenvalue weighted by Crippen LogP contribution is -2.61. The Balaban J connectivity index is 1.53. The second kappa shape index (κ2) is 4.97. The van der Waals surface area contributed by atoms with E-state index in [0.717, 1.165) is 17.8 Å². The van der Waals surface area contributed by atoms with E-state index in [0.29, 0.717) is 13.0 Å². The molecule has 4 bridgehead atoms. The molecule has 2 amide bonds. The van der Waals surface area contributed by atoms with Crippen LogP contribution in [-0.4, -0.2) is 29.3 Å². The van der Waals surface area contributed by atoms with Crippen molar-refractivity contribution in [1.29, 1.82) is 0 Å². The minimum Gasteiger partial charge on any atom is -0.393 e. The van der Waals surface area contributed by atoms with Crippen LogP contribution in [0.4, 0.5) is 4.79 Å². The van der Waals surface area contributed by atoms with E-state index in [2.05, 4.69) is 10.6 Å². The van der Waals surface area contributed by atoms with Gasteiger partial charge in [0.25, 0.3) is 0 Å². The van der Waals surface area contributed by atoms with E-state index in [1.54, 1.807) is 6.92 Å². The molecule has 4 heteroatoms. The molecule has 0 aromatic heterocycles. The summed E-state index contributed by atoms with van der Waals surface area (Å²) >= 11 is 0. The third-order valence-electron chi connectivity index (χ3n) is 5.26. The Labute approximate surface area is 115 Å². The fraction of sp³-hybridized carbons (Fsp3) is 0.933. The van der Waals surface area contributed by atoms with Crippen LogP contribution in [-0.2, 0) is 0 Å². The molecule has 4 aliphatic carbocycles. The van der Waals surface area contributed by atoms with Crippen molar-refractivity contribution in [3.63, 3.8) is 0 Å². The number of rotatable bonds is 4. The van der Waals surface area contributed by atoms with Crippen molar-refractivity contribution in [2.45, 2.75) is 63.5 Å². The van der Waals surface area contributed by atoms with Gasteiger partial charge in [0.1, 0.15) is 0 Å². The standard InChI is InChI=1S/C15H26N2O2/c1-10(18)2-3-16-14(19)17-15-7-11-4-12(8-15)6-13(5-11)9-15/h10-13,18H,2-9H2,1H3,(H2,16,17,19). The number of hydrogen-bond acceptors (Lipinski definition) is 2. The Hall–Kier alpha value is -0.770. The Kier molecular flexibility index (Phi) is 3.46. The molecule has 0 spiro atoms. The third kappa shape index (κ3) is 2.88. The topological polar surface area (TPSA) is 61.4 Å². The van der Waals surface area contributed by atoms with Gasteiger partial charge in [-0.25, -0.2) is 4.79 Å². The van der Waals surface area contributed by atoms with Crippen LogP contribution < -0.4 is 10.6 Å². The summed E-state index contributed by atoms with van der Waals surface area (Å²) in [4.78, 5) is 12.0. The Morgan fingerprint density at radius 3 is 2.21 bits per heavy atom. The molecule has 0 aromatic rings. The first kappa shape index (κ1) is 13.2. The summed E-state index contributed by atoms with van der Waals surface area (Å²) in [6, 6.07) is -0.0393. The number of urea groups is 1. The SMILES string of the molecule is CC(O)CCNC(=O)NC12CC3CC(CC(C3)C1)C2. The molecular weight excluding hydrogens is 240 g/mol. The monoisotopic (exact) mass is 266 g/mol. The summed E-state index contributed by atoms with van der Waals surface area (Å²) in [5, 5.41) is 15.3. The molecule has 4 rings (SSSR count). The molecule has 3 N–H and O–H groups in total. The molecule has 0 aliphatic heterocycles. The third-order valence-corrected chi connectivity index (χ3v) is 5.26. The van der Waals surface area contributed by atoms with Crippen molar-refractivity contribution in [3.8, 4) is 0 Å². The zero-order valence-corrected chi connectivity index (χ0v) is 11.8. The maximum atomic E-state index is 12.0. The molecule has 1 atom stereocenters. The normalized spacial score (nSPS) is 41.1. The molecule has 19 heavy (non-hydrogen) atoms. The number of hydrogen-bond donors (Lipinski definition) is 3. The van der Waals surface area contributed by atoms with E-state index in [4.69, 9.17) is 0 Å². The van der Waals surface area contributed by atoms with Gasteiger partial charge in [-0.1, -0.05) is 0 Å². The highest BCUT2D eigenvalue weighted by atomic mass is 16.3. The molecule has 4 nitrogen and oxygen atoms in total. The summed E-state index contributed by atoms with van der Waals surface area (Å²) < 4.78 is 0. The number of carbonyl (C=O) groups is 1. The first-order chi connectivity index (χ1) is 9.05. The second-order valence-electron chi connectivity index (χ2n) is 7.22. The average molecular weight is 266 g/mol. The van der Waals surface area contributed by atoms with E-state index in [-0.39, 0.29) is 17.7 Å². The van der Waals surface area contributed by atoms with Gasteiger partial charge in [0.2, 0.25) is 0 Å². The van der Waals surface area contributed by atoms with Crippen LogP contribution in [0, 0.1) is 17.8 Å². The molecule has 108 valence electrons. The van der Waals surface area contributed by atoms with Crippen molar-refractivity contribution in [2.75, 3.05) is 6.54 Å². The zero-order chi connectivity index (χ0) is 13.5. The van der Waals surface area contributed by atoms with Gasteiger partial charge in [0.15, 0.2) is 0 Å². The second-order valence-corrected chi connectivity index (χ2v) is 7.22. The van der Waals surface area contributed by atoms with Crippen LogP contribution in [0.2, 0.25) is 0 Å². The minimum absolute atomic E-state index is 0.0393. The first-order valence-electron chi connectivity index (χ1n) is 7.79. The van der Waals surface area contributed by atoms with Crippen LogP contribution in [0.25, 0.3) is 0 Å². The van der Waals surface area contributed by atoms with E-state index < -0.39 is 0 Å². The first-order valence-corrected chi connectivity index (χ1v) is 7.79. The van der Waals surface area contributed by atoms with Gasteiger partial charge >= 0.3 is 6.03 Å². The summed E-state index contributed by atoms with van der Waals surface area (Å²) in [6.45, 7) is 2.30. The Morgan fingerprint density at radius 2 is 1.74 bits per heavy atom. The number of nitrogens with one attached hydrogen (secondary N) is 2. The van der Waals surface area contributed by atoms with Crippen LogP contribution in [0.15, 0.2) is 0 Å². The fourth-order valence-electron chi connectivity index (χ4n) is 4.94. The van der Waals surface area contributed by atoms with Gasteiger partial charge < -0.3 is 15.7 Å². The van der Waals surface area contributed by atoms with Crippen molar-refractivity contribution in [1.82, 2.24) is 10.6 Å². The van der Waals surface area contributed by atoms with E-state index in [1.165, 1.54) is 38.5 Å². The van der Waals surface area contributed by atoms with Crippen molar-refractivity contribution < 1.29 is 9.90 Å². The quantitative estimate of drug-likeness (QED) is 0.729. The van der Waals surface area contributed by atoms with E-state index in [1.807, 2.05) is 0 Å². The Morgan fingerprint density at radius 1 is 1.21 bits per heavy atom. The molecule has 4 saturated carbocycles. The van der Waals surface area contributed by atoms with Gasteiger partial charge in [-0.15, -0.1) is 0 Å². The van der Waals surface area contributed by atoms with Gasteiger partial charge in [-0.2, -0.15) is 0 Å². The summed E-state index contributed by atoms with van der Waals surface area (Å²) in [6.07, 6.45) is 8.00. The average Bonchev–Trinajstić information content (AvgIpc) is 2.25. The largest absolute Gasteiger partial charge is 0.393 e. The number of aliphatic hydroxyl groups is 1. The molecule has 1 unspecified atom stereocenters. The number of amides is 2. The predicted molar refractivity (Wildman–Crippen MR) is 73.7 cm³/mol. The van der Waals surface area contributed by atoms with Crippen LogP contribution in [0.5, 0.6) is 0 Å². The number of carbonyl (C=O) groups excluding carboxylic acids is 1. The van der Waals surface area contributed by atoms with E-state index >= 15 is 0 Å². The lowest BCUT2D eigenvalue weighted by Gasteiger charge is -2.56. The maximum absolute atomic E-state index is 12.0. The molecule has 4 aliphatic rings. The lowest BCUT2D eigenvalue weighted by atomic mass is 9.53. The summed E-state index contributed by atoms with van der Waals surface area (Å²) in [5.41, 5.74) is 0.0870. The Bertz CT molecular complexity index is 319. The van der Waals surface area contributed by atoms with Gasteiger partial charge in [-0.3, -0.25) is 0 Å². The number of aliphatic hydroxyl groups excluding tert-OH is 1. The molecule has 0 saturated heterocycles. The molecular formula is C15H26N2O2. The highest BCUT2D eigenvalue weighted by Crippen LogP contribution is 2.55. The maximum Gasteiger partial charge on any atom is 0.315 e. The molecule has 0 heterocycles. The van der Waals surface area contributed by atoms with Gasteiger partial charge in [-0.05, 0) is 69.6 Å². The molecule has 0 radical (unpaired) electrons. The van der Waals surface area contributed by atoms with Crippen LogP contribution in [0.1, 0.15) is 51.9 Å².